The van der Waals surface area contributed by atoms with Crippen molar-refractivity contribution in [2.45, 2.75) is 0 Å². The van der Waals surface area contributed by atoms with Gasteiger partial charge in [0, 0.05) is 9.13 Å². The molecule has 4 unspecified atom stereocenters. The fourth-order valence-electron chi connectivity index (χ4n) is 0.411. The molecule has 0 aromatic carbocycles. The Morgan fingerprint density at radius 3 is 1.47 bits per heavy atom. The topological polar surface area (TPSA) is 208 Å². The molecule has 0 radical (unpaired) electrons. The molecule has 6 N–H and O–H groups in total. The van der Waals surface area contributed by atoms with Gasteiger partial charge in [0.15, 0.2) is 0 Å². The summed E-state index contributed by atoms with van der Waals surface area (Å²) in [5, 5.41) is 16.1. The Kier molecular flexibility index (Phi) is 11.5. The third-order valence-corrected chi connectivity index (χ3v) is 5.24. The maximum atomic E-state index is 10.5. The van der Waals surface area contributed by atoms with Crippen LogP contribution in [0.2, 0.25) is 0 Å². The quantitative estimate of drug-likeness (QED) is 0.319. The maximum absolute atomic E-state index is 10.5. The van der Waals surface area contributed by atoms with Gasteiger partial charge in [-0.3, -0.25) is 9.13 Å². The van der Waals surface area contributed by atoms with Gasteiger partial charge in [-0.2, -0.15) is 0 Å². The minimum absolute atomic E-state index is 0.533. The Balaban J connectivity index is 0. The second-order valence-corrected chi connectivity index (χ2v) is 8.04. The standard InChI is InChI=1S/C2H6O6P2.CH4O6P2/c3-1-2-10(6,7)8-9(4)5;2-1-9(5,6)7-8(3)4/h3H,1-2H2,(H-,4,5,6,7);2H,1H2,(H-,3,4,5,6)/p+2. The summed E-state index contributed by atoms with van der Waals surface area (Å²) in [7, 11) is -14.4. The van der Waals surface area contributed by atoms with Crippen LogP contribution in [0.4, 0.5) is 0 Å². The maximum Gasteiger partial charge on any atom is 0.703 e. The number of hydrogen-bond acceptors (Lipinski definition) is 8. The number of aliphatic hydroxyl groups excluding tert-OH is 2. The normalized spacial score (nSPS) is 18.4. The van der Waals surface area contributed by atoms with E-state index in [0.29, 0.717) is 0 Å². The van der Waals surface area contributed by atoms with Crippen LogP contribution in [-0.2, 0) is 26.9 Å². The van der Waals surface area contributed by atoms with Gasteiger partial charge in [-0.1, -0.05) is 0 Å². The van der Waals surface area contributed by atoms with E-state index in [1.54, 1.807) is 0 Å². The third kappa shape index (κ3) is 16.3. The molecule has 0 saturated carbocycles. The molecule has 4 atom stereocenters. The largest absolute Gasteiger partial charge is 0.703 e. The van der Waals surface area contributed by atoms with Crippen LogP contribution in [0.3, 0.4) is 0 Å². The second-order valence-electron chi connectivity index (χ2n) is 2.50. The fraction of sp³-hybridized carbons (Fsp3) is 1.00. The molecule has 0 spiro atoms. The van der Waals surface area contributed by atoms with E-state index >= 15 is 0 Å². The fourth-order valence-corrected chi connectivity index (χ4v) is 2.94. The van der Waals surface area contributed by atoms with Gasteiger partial charge in [0.2, 0.25) is 0 Å². The molecule has 0 rings (SSSR count). The summed E-state index contributed by atoms with van der Waals surface area (Å²) in [6.45, 7) is -0.559. The lowest BCUT2D eigenvalue weighted by molar-refractivity contribution is 0.284. The van der Waals surface area contributed by atoms with Crippen molar-refractivity contribution in [3.63, 3.8) is 0 Å². The van der Waals surface area contributed by atoms with Gasteiger partial charge in [0.1, 0.15) is 6.35 Å². The molecule has 0 aromatic heterocycles. The van der Waals surface area contributed by atoms with Crippen LogP contribution in [0.25, 0.3) is 0 Å². The Bertz CT molecular complexity index is 390. The SMILES string of the molecule is O=[P+](O)OP(=O)(O)CCO.O=[P+](O)OP(=O)(O)CO. The van der Waals surface area contributed by atoms with Gasteiger partial charge < -0.3 is 20.0 Å². The van der Waals surface area contributed by atoms with E-state index in [4.69, 9.17) is 29.8 Å². The van der Waals surface area contributed by atoms with Crippen molar-refractivity contribution in [2.24, 2.45) is 0 Å². The van der Waals surface area contributed by atoms with E-state index in [9.17, 15) is 18.3 Å². The van der Waals surface area contributed by atoms with Crippen LogP contribution in [0, 0.1) is 0 Å². The van der Waals surface area contributed by atoms with Crippen LogP contribution >= 0.6 is 31.7 Å². The summed E-state index contributed by atoms with van der Waals surface area (Å²) < 4.78 is 47.3. The smallest absolute Gasteiger partial charge is 0.396 e. The molecule has 16 heteroatoms. The first kappa shape index (κ1) is 21.6. The van der Waals surface area contributed by atoms with Crippen molar-refractivity contribution in [3.8, 4) is 0 Å². The van der Waals surface area contributed by atoms with Gasteiger partial charge in [0.25, 0.3) is 0 Å². The predicted molar refractivity (Wildman–Crippen MR) is 60.5 cm³/mol. The summed E-state index contributed by atoms with van der Waals surface area (Å²) in [6.07, 6.45) is -1.69. The molecule has 12 nitrogen and oxygen atoms in total. The minimum atomic E-state index is -4.21. The van der Waals surface area contributed by atoms with Gasteiger partial charge in [-0.25, -0.2) is 0 Å². The van der Waals surface area contributed by atoms with Crippen LogP contribution < -0.4 is 0 Å². The van der Waals surface area contributed by atoms with Crippen LogP contribution in [0.1, 0.15) is 0 Å². The summed E-state index contributed by atoms with van der Waals surface area (Å²) >= 11 is 0. The Morgan fingerprint density at radius 1 is 0.895 bits per heavy atom. The summed E-state index contributed by atoms with van der Waals surface area (Å²) in [6, 6.07) is 0. The average Bonchev–Trinajstić information content (AvgIpc) is 2.14. The van der Waals surface area contributed by atoms with Crippen molar-refractivity contribution in [3.05, 3.63) is 0 Å². The first-order valence-corrected chi connectivity index (χ1v) is 9.81. The van der Waals surface area contributed by atoms with Crippen molar-refractivity contribution < 1.29 is 56.7 Å². The average molecular weight is 364 g/mol. The molecule has 0 aliphatic heterocycles. The van der Waals surface area contributed by atoms with Gasteiger partial charge >= 0.3 is 31.7 Å². The molecule has 0 aliphatic carbocycles. The molecule has 0 fully saturated rings. The Morgan fingerprint density at radius 2 is 1.26 bits per heavy atom. The lowest BCUT2D eigenvalue weighted by Gasteiger charge is -1.97. The molecular formula is C3H12O12P4+2. The van der Waals surface area contributed by atoms with E-state index in [2.05, 4.69) is 8.62 Å². The lowest BCUT2D eigenvalue weighted by Crippen LogP contribution is -1.94. The van der Waals surface area contributed by atoms with Gasteiger partial charge in [-0.05, 0) is 8.62 Å². The molecule has 0 aliphatic rings. The monoisotopic (exact) mass is 364 g/mol. The van der Waals surface area contributed by atoms with Crippen molar-refractivity contribution in [2.75, 3.05) is 19.1 Å². The molecule has 0 heterocycles. The summed E-state index contributed by atoms with van der Waals surface area (Å²) in [5.41, 5.74) is 0. The molecule has 19 heavy (non-hydrogen) atoms. The highest BCUT2D eigenvalue weighted by molar-refractivity contribution is 7.59. The number of rotatable bonds is 7. The van der Waals surface area contributed by atoms with Crippen molar-refractivity contribution >= 4 is 31.7 Å². The van der Waals surface area contributed by atoms with E-state index in [-0.39, 0.29) is 0 Å². The molecular weight excluding hydrogens is 352 g/mol. The van der Waals surface area contributed by atoms with E-state index in [1.165, 1.54) is 0 Å². The minimum Gasteiger partial charge on any atom is -0.396 e. The van der Waals surface area contributed by atoms with Gasteiger partial charge in [-0.15, -0.1) is 9.79 Å². The number of aliphatic hydroxyl groups is 2. The second kappa shape index (κ2) is 10.1. The highest BCUT2D eigenvalue weighted by Crippen LogP contribution is 2.49. The predicted octanol–water partition coefficient (Wildman–Crippen LogP) is -0.382. The summed E-state index contributed by atoms with van der Waals surface area (Å²) in [4.78, 5) is 32.6. The molecule has 0 amide bonds. The molecule has 0 aromatic rings. The first-order chi connectivity index (χ1) is 8.45. The number of hydrogen-bond donors (Lipinski definition) is 6. The van der Waals surface area contributed by atoms with E-state index in [1.807, 2.05) is 0 Å². The zero-order valence-electron chi connectivity index (χ0n) is 9.04. The molecule has 0 bridgehead atoms. The van der Waals surface area contributed by atoms with E-state index in [0.717, 1.165) is 0 Å². The third-order valence-electron chi connectivity index (χ3n) is 0.956. The van der Waals surface area contributed by atoms with E-state index < -0.39 is 50.8 Å². The van der Waals surface area contributed by atoms with Crippen LogP contribution in [0.15, 0.2) is 0 Å². The zero-order chi connectivity index (χ0) is 15.7. The highest BCUT2D eigenvalue weighted by Gasteiger charge is 2.32. The lowest BCUT2D eigenvalue weighted by atomic mass is 10.9. The molecule has 114 valence electrons. The Labute approximate surface area is 108 Å². The van der Waals surface area contributed by atoms with Gasteiger partial charge in [0.05, 0.1) is 12.8 Å². The zero-order valence-corrected chi connectivity index (χ0v) is 12.6. The molecule has 0 saturated heterocycles. The Hall–Kier alpha value is 0.340. The van der Waals surface area contributed by atoms with Crippen molar-refractivity contribution in [1.29, 1.82) is 0 Å². The first-order valence-electron chi connectivity index (χ1n) is 4.03. The van der Waals surface area contributed by atoms with Crippen LogP contribution in [0.5, 0.6) is 0 Å². The van der Waals surface area contributed by atoms with Crippen molar-refractivity contribution in [1.82, 2.24) is 0 Å². The van der Waals surface area contributed by atoms with Crippen LogP contribution in [-0.4, -0.2) is 48.9 Å². The highest BCUT2D eigenvalue weighted by atomic mass is 31.2. The summed E-state index contributed by atoms with van der Waals surface area (Å²) in [5.74, 6) is 0.